The highest BCUT2D eigenvalue weighted by molar-refractivity contribution is 5.76. The van der Waals surface area contributed by atoms with Gasteiger partial charge in [-0.3, -0.25) is 4.79 Å². The van der Waals surface area contributed by atoms with E-state index in [-0.39, 0.29) is 12.5 Å². The molecule has 0 spiro atoms. The highest BCUT2D eigenvalue weighted by Crippen LogP contribution is 2.30. The number of amides is 1. The third-order valence-corrected chi connectivity index (χ3v) is 15.7. The van der Waals surface area contributed by atoms with Crippen LogP contribution in [0.5, 0.6) is 0 Å². The van der Waals surface area contributed by atoms with Gasteiger partial charge in [0, 0.05) is 6.42 Å². The summed E-state index contributed by atoms with van der Waals surface area (Å²) >= 11 is 0. The minimum absolute atomic E-state index is 0.207. The van der Waals surface area contributed by atoms with E-state index in [2.05, 4.69) is 31.3 Å². The molecule has 0 bridgehead atoms. The van der Waals surface area contributed by atoms with Crippen molar-refractivity contribution in [2.75, 3.05) is 19.8 Å². The Labute approximate surface area is 456 Å². The molecule has 2 fully saturated rings. The maximum Gasteiger partial charge on any atom is 0.220 e. The molecular weight excluding hydrogens is 955 g/mol. The fourth-order valence-electron chi connectivity index (χ4n) is 10.6. The van der Waals surface area contributed by atoms with Crippen LogP contribution in [0, 0.1) is 0 Å². The largest absolute Gasteiger partial charge is 0.394 e. The van der Waals surface area contributed by atoms with Crippen LogP contribution in [0.1, 0.15) is 277 Å². The Morgan fingerprint density at radius 3 is 1.27 bits per heavy atom. The molecule has 2 rings (SSSR count). The molecule has 1 amide bonds. The average molecular weight is 1070 g/mol. The first-order valence-corrected chi connectivity index (χ1v) is 31.4. The van der Waals surface area contributed by atoms with Crippen molar-refractivity contribution in [2.45, 2.75) is 351 Å². The number of carbonyl (C=O) groups is 1. The SMILES string of the molecule is CCCCCCCCCC/C=C\CCCCCCCCCCCCCCCCCCCCCCCCCC(=O)NC(COC1OC(CO)C(OC2OC(CO)C(O)C(O)C2O)C(O)C1O)C(O)CCCCCCCC. The Morgan fingerprint density at radius 2 is 0.840 bits per heavy atom. The number of ether oxygens (including phenoxy) is 4. The maximum atomic E-state index is 13.2. The summed E-state index contributed by atoms with van der Waals surface area (Å²) in [5, 5.41) is 86.7. The Bertz CT molecular complexity index is 1310. The van der Waals surface area contributed by atoms with Crippen LogP contribution in [0.25, 0.3) is 0 Å². The first-order chi connectivity index (χ1) is 36.6. The minimum Gasteiger partial charge on any atom is -0.394 e. The predicted octanol–water partition coefficient (Wildman–Crippen LogP) is 11.1. The van der Waals surface area contributed by atoms with Gasteiger partial charge in [0.15, 0.2) is 12.6 Å². The summed E-state index contributed by atoms with van der Waals surface area (Å²) in [6.45, 7) is 2.80. The van der Waals surface area contributed by atoms with Crippen LogP contribution >= 0.6 is 0 Å². The fraction of sp³-hybridized carbons (Fsp3) is 0.951. The molecule has 0 saturated carbocycles. The normalized spacial score (nSPS) is 25.0. The van der Waals surface area contributed by atoms with Crippen molar-refractivity contribution in [2.24, 2.45) is 0 Å². The molecule has 12 atom stereocenters. The lowest BCUT2D eigenvalue weighted by Crippen LogP contribution is -2.65. The third kappa shape index (κ3) is 33.2. The molecule has 0 aromatic heterocycles. The van der Waals surface area contributed by atoms with E-state index in [1.54, 1.807) is 0 Å². The van der Waals surface area contributed by atoms with Crippen LogP contribution in [0.4, 0.5) is 0 Å². The van der Waals surface area contributed by atoms with Crippen molar-refractivity contribution < 1.29 is 64.6 Å². The summed E-state index contributed by atoms with van der Waals surface area (Å²) in [4.78, 5) is 13.2. The topological polar surface area (TPSA) is 228 Å². The van der Waals surface area contributed by atoms with Crippen molar-refractivity contribution >= 4 is 5.91 Å². The number of hydrogen-bond donors (Lipinski definition) is 9. The number of carbonyl (C=O) groups excluding carboxylic acids is 1. The van der Waals surface area contributed by atoms with Crippen LogP contribution in [-0.2, 0) is 23.7 Å². The van der Waals surface area contributed by atoms with Gasteiger partial charge in [0.1, 0.15) is 48.8 Å². The van der Waals surface area contributed by atoms with Crippen molar-refractivity contribution in [3.63, 3.8) is 0 Å². The zero-order valence-electron chi connectivity index (χ0n) is 47.8. The van der Waals surface area contributed by atoms with Crippen LogP contribution in [0.2, 0.25) is 0 Å². The molecule has 2 aliphatic rings. The van der Waals surface area contributed by atoms with E-state index in [1.165, 1.54) is 186 Å². The highest BCUT2D eigenvalue weighted by atomic mass is 16.7. The Balaban J connectivity index is 1.50. The van der Waals surface area contributed by atoms with Crippen LogP contribution in [-0.4, -0.2) is 140 Å². The number of nitrogens with one attached hydrogen (secondary N) is 1. The van der Waals surface area contributed by atoms with Gasteiger partial charge in [-0.2, -0.15) is 0 Å². The number of hydrogen-bond acceptors (Lipinski definition) is 13. The van der Waals surface area contributed by atoms with Crippen molar-refractivity contribution in [1.82, 2.24) is 5.32 Å². The van der Waals surface area contributed by atoms with E-state index in [9.17, 15) is 45.6 Å². The quantitative estimate of drug-likeness (QED) is 0.0204. The van der Waals surface area contributed by atoms with Crippen LogP contribution in [0.3, 0.4) is 0 Å². The van der Waals surface area contributed by atoms with E-state index < -0.39 is 86.8 Å². The number of rotatable bonds is 51. The zero-order valence-corrected chi connectivity index (χ0v) is 47.8. The second-order valence-electron chi connectivity index (χ2n) is 22.5. The Morgan fingerprint density at radius 1 is 0.467 bits per heavy atom. The fourth-order valence-corrected chi connectivity index (χ4v) is 10.6. The van der Waals surface area contributed by atoms with Crippen molar-refractivity contribution in [3.8, 4) is 0 Å². The highest BCUT2D eigenvalue weighted by Gasteiger charge is 2.51. The molecule has 75 heavy (non-hydrogen) atoms. The standard InChI is InChI=1S/C61H117NO13/c1-3-5-7-9-11-12-13-14-15-16-17-18-19-20-21-22-23-24-25-26-27-28-29-30-31-32-33-34-35-36-37-38-39-41-43-45-53(66)62-49(50(65)44-42-40-10-8-6-4-2)48-72-60-58(71)56(69)59(52(47-64)74-60)75-61-57(70)55(68)54(67)51(46-63)73-61/h16-17,49-52,54-61,63-65,67-71H,3-15,18-48H2,1-2H3,(H,62,66)/b17-16-. The molecule has 444 valence electrons. The summed E-state index contributed by atoms with van der Waals surface area (Å²) in [5.74, 6) is -0.207. The lowest BCUT2D eigenvalue weighted by molar-refractivity contribution is -0.359. The summed E-state index contributed by atoms with van der Waals surface area (Å²) in [7, 11) is 0. The minimum atomic E-state index is -1.78. The number of aliphatic hydroxyl groups is 8. The number of unbranched alkanes of at least 4 members (excludes halogenated alkanes) is 36. The molecule has 0 aliphatic carbocycles. The van der Waals surface area contributed by atoms with Gasteiger partial charge >= 0.3 is 0 Å². The smallest absolute Gasteiger partial charge is 0.220 e. The molecule has 2 saturated heterocycles. The van der Waals surface area contributed by atoms with Crippen molar-refractivity contribution in [1.29, 1.82) is 0 Å². The van der Waals surface area contributed by atoms with Crippen LogP contribution in [0.15, 0.2) is 12.2 Å². The van der Waals surface area contributed by atoms with E-state index in [0.29, 0.717) is 12.8 Å². The van der Waals surface area contributed by atoms with E-state index in [1.807, 2.05) is 0 Å². The number of aliphatic hydroxyl groups excluding tert-OH is 8. The second-order valence-corrected chi connectivity index (χ2v) is 22.5. The van der Waals surface area contributed by atoms with E-state index in [0.717, 1.165) is 64.2 Å². The predicted molar refractivity (Wildman–Crippen MR) is 300 cm³/mol. The molecule has 12 unspecified atom stereocenters. The molecule has 14 nitrogen and oxygen atoms in total. The van der Waals surface area contributed by atoms with E-state index in [4.69, 9.17) is 18.9 Å². The maximum absolute atomic E-state index is 13.2. The molecule has 2 heterocycles. The first kappa shape index (κ1) is 69.8. The molecule has 2 aliphatic heterocycles. The molecular formula is C61H117NO13. The van der Waals surface area contributed by atoms with Crippen LogP contribution < -0.4 is 5.32 Å². The first-order valence-electron chi connectivity index (χ1n) is 31.4. The van der Waals surface area contributed by atoms with Gasteiger partial charge in [-0.1, -0.05) is 244 Å². The number of allylic oxidation sites excluding steroid dienone is 2. The van der Waals surface area contributed by atoms with Gasteiger partial charge in [-0.05, 0) is 38.5 Å². The lowest BCUT2D eigenvalue weighted by atomic mass is 9.97. The molecule has 0 radical (unpaired) electrons. The van der Waals surface area contributed by atoms with Crippen molar-refractivity contribution in [3.05, 3.63) is 12.2 Å². The van der Waals surface area contributed by atoms with E-state index >= 15 is 0 Å². The van der Waals surface area contributed by atoms with Gasteiger partial charge < -0.3 is 65.1 Å². The monoisotopic (exact) mass is 1070 g/mol. The molecule has 0 aromatic rings. The average Bonchev–Trinajstić information content (AvgIpc) is 3.41. The second kappa shape index (κ2) is 47.5. The Hall–Kier alpha value is -1.27. The Kier molecular flexibility index (Phi) is 44.3. The zero-order chi connectivity index (χ0) is 54.6. The van der Waals surface area contributed by atoms with Gasteiger partial charge in [0.2, 0.25) is 5.91 Å². The summed E-state index contributed by atoms with van der Waals surface area (Å²) in [6.07, 6.45) is 38.8. The van der Waals surface area contributed by atoms with Gasteiger partial charge in [0.05, 0.1) is 32.0 Å². The lowest BCUT2D eigenvalue weighted by Gasteiger charge is -2.46. The van der Waals surface area contributed by atoms with Gasteiger partial charge in [0.25, 0.3) is 0 Å². The van der Waals surface area contributed by atoms with Gasteiger partial charge in [-0.15, -0.1) is 0 Å². The summed E-state index contributed by atoms with van der Waals surface area (Å²) < 4.78 is 22.7. The van der Waals surface area contributed by atoms with Gasteiger partial charge in [-0.25, -0.2) is 0 Å². The molecule has 0 aromatic carbocycles. The molecule has 9 N–H and O–H groups in total. The summed E-state index contributed by atoms with van der Waals surface area (Å²) in [5.41, 5.74) is 0. The summed E-state index contributed by atoms with van der Waals surface area (Å²) in [6, 6.07) is -0.821. The molecule has 14 heteroatoms. The third-order valence-electron chi connectivity index (χ3n) is 15.7.